The van der Waals surface area contributed by atoms with E-state index in [4.69, 9.17) is 0 Å². The average molecular weight is 229 g/mol. The van der Waals surface area contributed by atoms with Gasteiger partial charge in [-0.25, -0.2) is 0 Å². The van der Waals surface area contributed by atoms with Crippen molar-refractivity contribution in [1.82, 2.24) is 5.32 Å². The van der Waals surface area contributed by atoms with Crippen LogP contribution in [0.3, 0.4) is 0 Å². The topological polar surface area (TPSA) is 12.0 Å². The van der Waals surface area contributed by atoms with Gasteiger partial charge in [-0.15, -0.1) is 0 Å². The molecule has 1 N–H and O–H groups in total. The van der Waals surface area contributed by atoms with E-state index in [0.29, 0.717) is 6.04 Å². The Kier molecular flexibility index (Phi) is 4.01. The average Bonchev–Trinajstić information content (AvgIpc) is 2.39. The second-order valence-electron chi connectivity index (χ2n) is 5.21. The van der Waals surface area contributed by atoms with Crippen molar-refractivity contribution in [2.24, 2.45) is 5.92 Å². The van der Waals surface area contributed by atoms with Crippen LogP contribution in [-0.4, -0.2) is 7.05 Å². The SMILES string of the molecule is CNC(C)c1ccccc1C1=CCC(C)CC1. The maximum Gasteiger partial charge on any atom is 0.0295 e. The summed E-state index contributed by atoms with van der Waals surface area (Å²) in [5, 5.41) is 3.34. The molecule has 0 aliphatic heterocycles. The summed E-state index contributed by atoms with van der Waals surface area (Å²) in [6, 6.07) is 9.23. The van der Waals surface area contributed by atoms with E-state index in [2.05, 4.69) is 49.5 Å². The molecule has 92 valence electrons. The van der Waals surface area contributed by atoms with E-state index in [1.807, 2.05) is 7.05 Å². The van der Waals surface area contributed by atoms with Gasteiger partial charge in [-0.1, -0.05) is 37.3 Å². The number of benzene rings is 1. The van der Waals surface area contributed by atoms with Gasteiger partial charge in [0.1, 0.15) is 0 Å². The second kappa shape index (κ2) is 5.50. The fraction of sp³-hybridized carbons (Fsp3) is 0.500. The summed E-state index contributed by atoms with van der Waals surface area (Å²) in [5.41, 5.74) is 4.41. The number of allylic oxidation sites excluding steroid dienone is 2. The fourth-order valence-corrected chi connectivity index (χ4v) is 2.53. The molecule has 1 nitrogen and oxygen atoms in total. The third kappa shape index (κ3) is 2.78. The van der Waals surface area contributed by atoms with E-state index in [9.17, 15) is 0 Å². The van der Waals surface area contributed by atoms with Crippen molar-refractivity contribution in [3.8, 4) is 0 Å². The molecule has 1 heteroatoms. The van der Waals surface area contributed by atoms with E-state index >= 15 is 0 Å². The van der Waals surface area contributed by atoms with Crippen molar-refractivity contribution in [1.29, 1.82) is 0 Å². The van der Waals surface area contributed by atoms with Gasteiger partial charge in [-0.2, -0.15) is 0 Å². The molecule has 0 amide bonds. The van der Waals surface area contributed by atoms with Gasteiger partial charge >= 0.3 is 0 Å². The van der Waals surface area contributed by atoms with Crippen LogP contribution in [0.4, 0.5) is 0 Å². The van der Waals surface area contributed by atoms with Gasteiger partial charge in [0.2, 0.25) is 0 Å². The standard InChI is InChI=1S/C16H23N/c1-12-8-10-14(11-9-12)16-7-5-4-6-15(16)13(2)17-3/h4-7,10,12-13,17H,8-9,11H2,1-3H3. The zero-order valence-corrected chi connectivity index (χ0v) is 11.2. The summed E-state index contributed by atoms with van der Waals surface area (Å²) in [4.78, 5) is 0. The zero-order valence-electron chi connectivity index (χ0n) is 11.2. The van der Waals surface area contributed by atoms with Gasteiger partial charge in [0.05, 0.1) is 0 Å². The predicted molar refractivity (Wildman–Crippen MR) is 74.9 cm³/mol. The maximum atomic E-state index is 3.34. The van der Waals surface area contributed by atoms with E-state index in [1.165, 1.54) is 30.4 Å². The van der Waals surface area contributed by atoms with Crippen LogP contribution in [0.2, 0.25) is 0 Å². The number of rotatable bonds is 3. The van der Waals surface area contributed by atoms with E-state index < -0.39 is 0 Å². The highest BCUT2D eigenvalue weighted by Crippen LogP contribution is 2.33. The third-order valence-electron chi connectivity index (χ3n) is 3.88. The molecule has 0 heterocycles. The molecule has 0 saturated heterocycles. The van der Waals surface area contributed by atoms with Gasteiger partial charge in [0, 0.05) is 6.04 Å². The second-order valence-corrected chi connectivity index (χ2v) is 5.21. The first-order valence-corrected chi connectivity index (χ1v) is 6.68. The lowest BCUT2D eigenvalue weighted by molar-refractivity contribution is 0.533. The molecule has 0 spiro atoms. The van der Waals surface area contributed by atoms with Crippen molar-refractivity contribution in [3.05, 3.63) is 41.5 Å². The van der Waals surface area contributed by atoms with E-state index in [-0.39, 0.29) is 0 Å². The zero-order chi connectivity index (χ0) is 12.3. The predicted octanol–water partition coefficient (Wildman–Crippen LogP) is 4.17. The van der Waals surface area contributed by atoms with Crippen LogP contribution >= 0.6 is 0 Å². The number of nitrogens with one attached hydrogen (secondary N) is 1. The first kappa shape index (κ1) is 12.4. The largest absolute Gasteiger partial charge is 0.313 e. The Morgan fingerprint density at radius 2 is 2.06 bits per heavy atom. The maximum absolute atomic E-state index is 3.34. The molecule has 1 aliphatic carbocycles. The molecular formula is C16H23N. The highest BCUT2D eigenvalue weighted by molar-refractivity contribution is 5.69. The first-order chi connectivity index (χ1) is 8.22. The highest BCUT2D eigenvalue weighted by atomic mass is 14.9. The molecule has 2 unspecified atom stereocenters. The molecule has 2 atom stereocenters. The van der Waals surface area contributed by atoms with Crippen LogP contribution < -0.4 is 5.32 Å². The Morgan fingerprint density at radius 1 is 1.29 bits per heavy atom. The monoisotopic (exact) mass is 229 g/mol. The normalized spacial score (nSPS) is 22.1. The van der Waals surface area contributed by atoms with Crippen molar-refractivity contribution in [2.45, 2.75) is 39.2 Å². The van der Waals surface area contributed by atoms with E-state index in [0.717, 1.165) is 5.92 Å². The lowest BCUT2D eigenvalue weighted by Crippen LogP contribution is -2.14. The minimum Gasteiger partial charge on any atom is -0.313 e. The van der Waals surface area contributed by atoms with Gasteiger partial charge < -0.3 is 5.32 Å². The summed E-state index contributed by atoms with van der Waals surface area (Å²) >= 11 is 0. The van der Waals surface area contributed by atoms with Gasteiger partial charge in [-0.05, 0) is 55.9 Å². The summed E-state index contributed by atoms with van der Waals surface area (Å²) in [5.74, 6) is 0.854. The van der Waals surface area contributed by atoms with Crippen LogP contribution in [0.15, 0.2) is 30.3 Å². The smallest absolute Gasteiger partial charge is 0.0295 e. The Morgan fingerprint density at radius 3 is 2.71 bits per heavy atom. The molecule has 1 aromatic carbocycles. The van der Waals surface area contributed by atoms with Crippen LogP contribution in [0.1, 0.15) is 50.3 Å². The molecule has 1 aromatic rings. The number of hydrogen-bond acceptors (Lipinski definition) is 1. The summed E-state index contributed by atoms with van der Waals surface area (Å²) in [6.07, 6.45) is 6.23. The molecule has 0 bridgehead atoms. The highest BCUT2D eigenvalue weighted by Gasteiger charge is 2.15. The lowest BCUT2D eigenvalue weighted by atomic mass is 9.85. The van der Waals surface area contributed by atoms with Gasteiger partial charge in [0.25, 0.3) is 0 Å². The molecule has 2 rings (SSSR count). The Balaban J connectivity index is 2.32. The van der Waals surface area contributed by atoms with Crippen LogP contribution in [0.5, 0.6) is 0 Å². The Labute approximate surface area is 105 Å². The molecule has 0 saturated carbocycles. The molecular weight excluding hydrogens is 206 g/mol. The minimum absolute atomic E-state index is 0.423. The third-order valence-corrected chi connectivity index (χ3v) is 3.88. The quantitative estimate of drug-likeness (QED) is 0.820. The summed E-state index contributed by atoms with van der Waals surface area (Å²) < 4.78 is 0. The van der Waals surface area contributed by atoms with Crippen LogP contribution in [0.25, 0.3) is 5.57 Å². The van der Waals surface area contributed by atoms with Gasteiger partial charge in [0.15, 0.2) is 0 Å². The minimum atomic E-state index is 0.423. The van der Waals surface area contributed by atoms with Crippen molar-refractivity contribution >= 4 is 5.57 Å². The molecule has 17 heavy (non-hydrogen) atoms. The molecule has 1 aliphatic rings. The van der Waals surface area contributed by atoms with Crippen molar-refractivity contribution in [2.75, 3.05) is 7.05 Å². The molecule has 0 aromatic heterocycles. The Bertz CT molecular complexity index is 406. The molecule has 0 radical (unpaired) electrons. The van der Waals surface area contributed by atoms with Crippen molar-refractivity contribution in [3.63, 3.8) is 0 Å². The summed E-state index contributed by atoms with van der Waals surface area (Å²) in [6.45, 7) is 4.57. The summed E-state index contributed by atoms with van der Waals surface area (Å²) in [7, 11) is 2.03. The van der Waals surface area contributed by atoms with Gasteiger partial charge in [-0.3, -0.25) is 0 Å². The Hall–Kier alpha value is -1.08. The number of hydrogen-bond donors (Lipinski definition) is 1. The fourth-order valence-electron chi connectivity index (χ4n) is 2.53. The van der Waals surface area contributed by atoms with Crippen LogP contribution in [0, 0.1) is 5.92 Å². The lowest BCUT2D eigenvalue weighted by Gasteiger charge is -2.22. The van der Waals surface area contributed by atoms with Crippen molar-refractivity contribution < 1.29 is 0 Å². The first-order valence-electron chi connectivity index (χ1n) is 6.68. The molecule has 0 fully saturated rings. The van der Waals surface area contributed by atoms with Crippen LogP contribution in [-0.2, 0) is 0 Å². The van der Waals surface area contributed by atoms with E-state index in [1.54, 1.807) is 5.57 Å².